The summed E-state index contributed by atoms with van der Waals surface area (Å²) >= 11 is 0. The maximum Gasteiger partial charge on any atom is 0.163 e. The van der Waals surface area contributed by atoms with E-state index < -0.39 is 6.10 Å². The Morgan fingerprint density at radius 3 is 2.72 bits per heavy atom. The predicted octanol–water partition coefficient (Wildman–Crippen LogP) is 1.70. The molecule has 0 aliphatic heterocycles. The van der Waals surface area contributed by atoms with Gasteiger partial charge in [0.15, 0.2) is 5.75 Å². The first-order valence-corrected chi connectivity index (χ1v) is 5.87. The lowest BCUT2D eigenvalue weighted by Crippen LogP contribution is -2.11. The van der Waals surface area contributed by atoms with E-state index in [0.29, 0.717) is 23.7 Å². The lowest BCUT2D eigenvalue weighted by molar-refractivity contribution is 0.198. The van der Waals surface area contributed by atoms with Gasteiger partial charge in [-0.2, -0.15) is 5.10 Å². The molecule has 0 aliphatic carbocycles. The first-order valence-electron chi connectivity index (χ1n) is 5.87. The Hall–Kier alpha value is -1.88. The molecule has 1 atom stereocenters. The molecule has 0 saturated heterocycles. The zero-order valence-corrected chi connectivity index (χ0v) is 10.8. The Morgan fingerprint density at radius 2 is 2.17 bits per heavy atom. The average molecular weight is 247 g/mol. The van der Waals surface area contributed by atoms with Crippen LogP contribution in [0.5, 0.6) is 5.75 Å². The zero-order valence-electron chi connectivity index (χ0n) is 10.8. The van der Waals surface area contributed by atoms with Gasteiger partial charge in [0.1, 0.15) is 11.8 Å². The van der Waals surface area contributed by atoms with E-state index in [1.54, 1.807) is 24.2 Å². The van der Waals surface area contributed by atoms with Crippen molar-refractivity contribution in [1.82, 2.24) is 14.8 Å². The maximum atomic E-state index is 10.4. The van der Waals surface area contributed by atoms with E-state index in [2.05, 4.69) is 10.1 Å². The lowest BCUT2D eigenvalue weighted by Gasteiger charge is -2.13. The van der Waals surface area contributed by atoms with Crippen molar-refractivity contribution in [3.05, 3.63) is 41.5 Å². The first kappa shape index (κ1) is 12.6. The average Bonchev–Trinajstić information content (AvgIpc) is 2.81. The van der Waals surface area contributed by atoms with E-state index in [1.165, 1.54) is 0 Å². The molecular formula is C13H17N3O2. The van der Waals surface area contributed by atoms with Crippen molar-refractivity contribution in [2.75, 3.05) is 7.11 Å². The highest BCUT2D eigenvalue weighted by molar-refractivity contribution is 5.32. The number of nitrogens with zero attached hydrogens (tertiary/aromatic N) is 3. The third kappa shape index (κ3) is 2.22. The summed E-state index contributed by atoms with van der Waals surface area (Å²) in [6.45, 7) is 4.59. The fraction of sp³-hybridized carbons (Fsp3) is 0.385. The molecule has 0 aliphatic rings. The van der Waals surface area contributed by atoms with Gasteiger partial charge in [-0.25, -0.2) is 0 Å². The molecule has 0 radical (unpaired) electrons. The van der Waals surface area contributed by atoms with Gasteiger partial charge < -0.3 is 9.84 Å². The fourth-order valence-electron chi connectivity index (χ4n) is 1.84. The second kappa shape index (κ2) is 5.18. The lowest BCUT2D eigenvalue weighted by atomic mass is 10.1. The summed E-state index contributed by atoms with van der Waals surface area (Å²) in [7, 11) is 1.57. The molecule has 96 valence electrons. The summed E-state index contributed by atoms with van der Waals surface area (Å²) in [5.74, 6) is 0.576. The highest BCUT2D eigenvalue weighted by atomic mass is 16.5. The Kier molecular flexibility index (Phi) is 3.62. The molecule has 2 aromatic rings. The van der Waals surface area contributed by atoms with Gasteiger partial charge in [0, 0.05) is 12.7 Å². The molecule has 5 heteroatoms. The number of hydrogen-bond acceptors (Lipinski definition) is 4. The summed E-state index contributed by atoms with van der Waals surface area (Å²) < 4.78 is 6.94. The van der Waals surface area contributed by atoms with E-state index in [4.69, 9.17) is 4.74 Å². The highest BCUT2D eigenvalue weighted by Crippen LogP contribution is 2.28. The quantitative estimate of drug-likeness (QED) is 0.893. The van der Waals surface area contributed by atoms with Gasteiger partial charge in [0.05, 0.1) is 19.0 Å². The molecule has 0 fully saturated rings. The number of hydrogen-bond donors (Lipinski definition) is 1. The minimum absolute atomic E-state index is 0.576. The minimum Gasteiger partial charge on any atom is -0.493 e. The summed E-state index contributed by atoms with van der Waals surface area (Å²) in [6.07, 6.45) is 2.51. The van der Waals surface area contributed by atoms with Crippen LogP contribution in [0.25, 0.3) is 0 Å². The maximum absolute atomic E-state index is 10.4. The molecule has 0 spiro atoms. The van der Waals surface area contributed by atoms with Crippen molar-refractivity contribution < 1.29 is 9.84 Å². The van der Waals surface area contributed by atoms with Crippen LogP contribution in [0, 0.1) is 6.92 Å². The van der Waals surface area contributed by atoms with E-state index in [-0.39, 0.29) is 0 Å². The van der Waals surface area contributed by atoms with Crippen LogP contribution in [0.3, 0.4) is 0 Å². The number of ether oxygens (including phenoxy) is 1. The van der Waals surface area contributed by atoms with Gasteiger partial charge in [-0.1, -0.05) is 6.07 Å². The van der Waals surface area contributed by atoms with Crippen LogP contribution in [-0.4, -0.2) is 27.0 Å². The van der Waals surface area contributed by atoms with Gasteiger partial charge in [0.2, 0.25) is 0 Å². The number of pyridine rings is 1. The fourth-order valence-corrected chi connectivity index (χ4v) is 1.84. The Balaban J connectivity index is 2.41. The van der Waals surface area contributed by atoms with Gasteiger partial charge in [-0.15, -0.1) is 0 Å². The van der Waals surface area contributed by atoms with Crippen molar-refractivity contribution in [3.63, 3.8) is 0 Å². The molecular weight excluding hydrogens is 230 g/mol. The molecule has 2 rings (SSSR count). The summed E-state index contributed by atoms with van der Waals surface area (Å²) in [5, 5.41) is 14.6. The van der Waals surface area contributed by atoms with Crippen LogP contribution in [0.2, 0.25) is 0 Å². The van der Waals surface area contributed by atoms with Gasteiger partial charge in [0.25, 0.3) is 0 Å². The van der Waals surface area contributed by atoms with Gasteiger partial charge in [-0.3, -0.25) is 9.67 Å². The van der Waals surface area contributed by atoms with Crippen LogP contribution in [-0.2, 0) is 6.54 Å². The zero-order chi connectivity index (χ0) is 13.1. The largest absolute Gasteiger partial charge is 0.493 e. The third-order valence-electron chi connectivity index (χ3n) is 2.84. The number of methoxy groups -OCH3 is 1. The van der Waals surface area contributed by atoms with Crippen LogP contribution < -0.4 is 4.74 Å². The number of aromatic nitrogens is 3. The van der Waals surface area contributed by atoms with E-state index in [1.807, 2.05) is 26.0 Å². The Bertz CT molecular complexity index is 498. The molecule has 5 nitrogen and oxygen atoms in total. The molecule has 0 saturated carbocycles. The molecule has 2 aromatic heterocycles. The monoisotopic (exact) mass is 247 g/mol. The smallest absolute Gasteiger partial charge is 0.163 e. The molecule has 0 bridgehead atoms. The second-order valence-corrected chi connectivity index (χ2v) is 4.08. The van der Waals surface area contributed by atoms with Gasteiger partial charge in [-0.05, 0) is 25.5 Å². The van der Waals surface area contributed by atoms with Crippen LogP contribution in [0.4, 0.5) is 0 Å². The van der Waals surface area contributed by atoms with Crippen LogP contribution in [0.1, 0.15) is 30.0 Å². The molecule has 1 N–H and O–H groups in total. The summed E-state index contributed by atoms with van der Waals surface area (Å²) in [5.41, 5.74) is 2.28. The second-order valence-electron chi connectivity index (χ2n) is 4.08. The normalized spacial score (nSPS) is 12.4. The third-order valence-corrected chi connectivity index (χ3v) is 2.84. The van der Waals surface area contributed by atoms with Crippen molar-refractivity contribution in [3.8, 4) is 5.75 Å². The summed E-state index contributed by atoms with van der Waals surface area (Å²) in [4.78, 5) is 4.24. The minimum atomic E-state index is -0.831. The van der Waals surface area contributed by atoms with Crippen molar-refractivity contribution in [1.29, 1.82) is 0 Å². The van der Waals surface area contributed by atoms with Crippen molar-refractivity contribution in [2.45, 2.75) is 26.5 Å². The topological polar surface area (TPSA) is 60.2 Å². The van der Waals surface area contributed by atoms with E-state index in [0.717, 1.165) is 5.56 Å². The Labute approximate surface area is 106 Å². The molecule has 18 heavy (non-hydrogen) atoms. The van der Waals surface area contributed by atoms with E-state index in [9.17, 15) is 5.11 Å². The molecule has 1 unspecified atom stereocenters. The van der Waals surface area contributed by atoms with Crippen LogP contribution >= 0.6 is 0 Å². The number of aliphatic hydroxyl groups excluding tert-OH is 1. The number of aryl methyl sites for hydroxylation is 2. The predicted molar refractivity (Wildman–Crippen MR) is 67.5 cm³/mol. The van der Waals surface area contributed by atoms with Crippen molar-refractivity contribution in [2.24, 2.45) is 0 Å². The van der Waals surface area contributed by atoms with Crippen LogP contribution in [0.15, 0.2) is 24.5 Å². The summed E-state index contributed by atoms with van der Waals surface area (Å²) in [6, 6.07) is 3.73. The molecule has 2 heterocycles. The Morgan fingerprint density at radius 1 is 1.39 bits per heavy atom. The first-order chi connectivity index (χ1) is 8.67. The van der Waals surface area contributed by atoms with Gasteiger partial charge >= 0.3 is 0 Å². The molecule has 0 aromatic carbocycles. The van der Waals surface area contributed by atoms with Crippen molar-refractivity contribution >= 4 is 0 Å². The standard InChI is InChI=1S/C13H17N3O2/c1-4-16-12(11(18-3)8-15-16)13(17)10-6-5-9(2)7-14-10/h5-8,13,17H,4H2,1-3H3. The molecule has 0 amide bonds. The number of aliphatic hydroxyl groups is 1. The highest BCUT2D eigenvalue weighted by Gasteiger charge is 2.21. The van der Waals surface area contributed by atoms with E-state index >= 15 is 0 Å². The SMILES string of the molecule is CCn1ncc(OC)c1C(O)c1ccc(C)cn1. The number of rotatable bonds is 4.